The molecule has 0 radical (unpaired) electrons. The third-order valence-corrected chi connectivity index (χ3v) is 4.88. The highest BCUT2D eigenvalue weighted by Crippen LogP contribution is 2.19. The van der Waals surface area contributed by atoms with Gasteiger partial charge >= 0.3 is 13.1 Å². The van der Waals surface area contributed by atoms with Gasteiger partial charge in [-0.1, -0.05) is 12.8 Å². The lowest BCUT2D eigenvalue weighted by molar-refractivity contribution is -0.150. The SMILES string of the molecule is CCOC(=O)C(N)(CCCCB(O)O)CCNS(=O)(=O)N(C)C. The number of nitrogens with zero attached hydrogens (tertiary/aromatic N) is 1. The van der Waals surface area contributed by atoms with E-state index in [0.717, 1.165) is 4.31 Å². The number of hydrogen-bond acceptors (Lipinski definition) is 7. The summed E-state index contributed by atoms with van der Waals surface area (Å²) >= 11 is 0. The predicted octanol–water partition coefficient (Wildman–Crippen LogP) is -1.32. The van der Waals surface area contributed by atoms with Crippen molar-refractivity contribution in [2.45, 2.75) is 44.5 Å². The smallest absolute Gasteiger partial charge is 0.451 e. The summed E-state index contributed by atoms with van der Waals surface area (Å²) in [6, 6.07) is 0. The summed E-state index contributed by atoms with van der Waals surface area (Å²) in [7, 11) is -2.19. The Kier molecular flexibility index (Phi) is 9.89. The molecule has 0 aromatic heterocycles. The molecule has 0 fully saturated rings. The number of nitrogens with one attached hydrogen (secondary N) is 1. The van der Waals surface area contributed by atoms with Crippen molar-refractivity contribution in [3.8, 4) is 0 Å². The summed E-state index contributed by atoms with van der Waals surface area (Å²) in [5.41, 5.74) is 4.79. The first-order chi connectivity index (χ1) is 10.5. The van der Waals surface area contributed by atoms with E-state index in [1.54, 1.807) is 6.92 Å². The van der Waals surface area contributed by atoms with Gasteiger partial charge < -0.3 is 20.5 Å². The minimum Gasteiger partial charge on any atom is -0.465 e. The van der Waals surface area contributed by atoms with Crippen LogP contribution in [-0.4, -0.2) is 68.6 Å². The fraction of sp³-hybridized carbons (Fsp3) is 0.917. The van der Waals surface area contributed by atoms with E-state index in [1.165, 1.54) is 14.1 Å². The highest BCUT2D eigenvalue weighted by Gasteiger charge is 2.35. The highest BCUT2D eigenvalue weighted by atomic mass is 32.2. The molecular weight excluding hydrogens is 325 g/mol. The van der Waals surface area contributed by atoms with Crippen LogP contribution in [0.15, 0.2) is 0 Å². The number of ether oxygens (including phenoxy) is 1. The Hall–Kier alpha value is -0.715. The Bertz CT molecular complexity index is 460. The van der Waals surface area contributed by atoms with Gasteiger partial charge in [-0.3, -0.25) is 4.79 Å². The average Bonchev–Trinajstić information content (AvgIpc) is 2.43. The Labute approximate surface area is 138 Å². The van der Waals surface area contributed by atoms with Gasteiger partial charge in [0.2, 0.25) is 0 Å². The number of carbonyl (C=O) groups excluding carboxylic acids is 1. The second-order valence-electron chi connectivity index (χ2n) is 5.53. The molecule has 0 saturated carbocycles. The third-order valence-electron chi connectivity index (χ3n) is 3.35. The lowest BCUT2D eigenvalue weighted by Gasteiger charge is -2.27. The van der Waals surface area contributed by atoms with Crippen LogP contribution in [0.3, 0.4) is 0 Å². The number of carbonyl (C=O) groups is 1. The molecule has 1 unspecified atom stereocenters. The van der Waals surface area contributed by atoms with Crippen molar-refractivity contribution in [1.29, 1.82) is 0 Å². The topological polar surface area (TPSA) is 142 Å². The molecule has 0 amide bonds. The van der Waals surface area contributed by atoms with Gasteiger partial charge in [0.15, 0.2) is 0 Å². The summed E-state index contributed by atoms with van der Waals surface area (Å²) in [5, 5.41) is 17.6. The zero-order valence-corrected chi connectivity index (χ0v) is 14.8. The quantitative estimate of drug-likeness (QED) is 0.194. The van der Waals surface area contributed by atoms with Crippen LogP contribution < -0.4 is 10.5 Å². The van der Waals surface area contributed by atoms with Crippen LogP contribution >= 0.6 is 0 Å². The maximum Gasteiger partial charge on any atom is 0.451 e. The molecule has 0 aliphatic carbocycles. The molecule has 0 aliphatic heterocycles. The first-order valence-electron chi connectivity index (χ1n) is 7.54. The van der Waals surface area contributed by atoms with Crippen LogP contribution in [0.2, 0.25) is 6.32 Å². The van der Waals surface area contributed by atoms with E-state index in [9.17, 15) is 13.2 Å². The molecule has 1 atom stereocenters. The lowest BCUT2D eigenvalue weighted by atomic mass is 9.81. The second-order valence-corrected chi connectivity index (χ2v) is 7.50. The Morgan fingerprint density at radius 3 is 2.39 bits per heavy atom. The number of hydrogen-bond donors (Lipinski definition) is 4. The molecular formula is C12H28BN3O6S. The monoisotopic (exact) mass is 353 g/mol. The second kappa shape index (κ2) is 10.2. The molecule has 9 nitrogen and oxygen atoms in total. The first kappa shape index (κ1) is 22.3. The molecule has 0 saturated heterocycles. The summed E-state index contributed by atoms with van der Waals surface area (Å²) in [6.07, 6.45) is 1.52. The molecule has 0 aliphatic rings. The number of rotatable bonds is 12. The highest BCUT2D eigenvalue weighted by molar-refractivity contribution is 7.87. The van der Waals surface area contributed by atoms with Crippen molar-refractivity contribution >= 4 is 23.3 Å². The van der Waals surface area contributed by atoms with Gasteiger partial charge in [0.1, 0.15) is 5.54 Å². The van der Waals surface area contributed by atoms with E-state index in [-0.39, 0.29) is 32.3 Å². The zero-order chi connectivity index (χ0) is 18.1. The molecule has 0 aromatic carbocycles. The van der Waals surface area contributed by atoms with Crippen LogP contribution in [0.25, 0.3) is 0 Å². The molecule has 0 bridgehead atoms. The van der Waals surface area contributed by atoms with Gasteiger partial charge in [0, 0.05) is 20.6 Å². The minimum absolute atomic E-state index is 0.00154. The van der Waals surface area contributed by atoms with Gasteiger partial charge in [-0.15, -0.1) is 0 Å². The summed E-state index contributed by atoms with van der Waals surface area (Å²) in [6.45, 7) is 1.84. The predicted molar refractivity (Wildman–Crippen MR) is 87.6 cm³/mol. The van der Waals surface area contributed by atoms with Crippen LogP contribution in [0.5, 0.6) is 0 Å². The molecule has 0 rings (SSSR count). The summed E-state index contributed by atoms with van der Waals surface area (Å²) < 4.78 is 31.6. The molecule has 0 aromatic rings. The van der Waals surface area contributed by atoms with E-state index in [2.05, 4.69) is 4.72 Å². The Balaban J connectivity index is 4.64. The van der Waals surface area contributed by atoms with Crippen molar-refractivity contribution in [3.63, 3.8) is 0 Å². The Morgan fingerprint density at radius 2 is 1.91 bits per heavy atom. The lowest BCUT2D eigenvalue weighted by Crippen LogP contribution is -2.51. The summed E-state index contributed by atoms with van der Waals surface area (Å²) in [4.78, 5) is 12.0. The molecule has 0 spiro atoms. The first-order valence-corrected chi connectivity index (χ1v) is 8.98. The zero-order valence-electron chi connectivity index (χ0n) is 14.0. The third kappa shape index (κ3) is 8.63. The van der Waals surface area contributed by atoms with Gasteiger partial charge in [-0.05, 0) is 26.1 Å². The number of esters is 1. The van der Waals surface area contributed by atoms with Crippen LogP contribution in [-0.2, 0) is 19.7 Å². The van der Waals surface area contributed by atoms with Crippen LogP contribution in [0.1, 0.15) is 32.6 Å². The van der Waals surface area contributed by atoms with Crippen molar-refractivity contribution in [1.82, 2.24) is 9.03 Å². The van der Waals surface area contributed by atoms with Crippen molar-refractivity contribution in [2.75, 3.05) is 27.2 Å². The largest absolute Gasteiger partial charge is 0.465 e. The maximum absolute atomic E-state index is 12.0. The average molecular weight is 353 g/mol. The van der Waals surface area contributed by atoms with Crippen LogP contribution in [0, 0.1) is 0 Å². The standard InChI is InChI=1S/C12H28BN3O6S/c1-4-22-11(17)12(14,7-5-6-9-13(18)19)8-10-15-23(20,21)16(2)3/h15,18-19H,4-10,14H2,1-3H3. The van der Waals surface area contributed by atoms with Gasteiger partial charge in [0.05, 0.1) is 6.61 Å². The van der Waals surface area contributed by atoms with E-state index < -0.39 is 28.8 Å². The van der Waals surface area contributed by atoms with E-state index in [0.29, 0.717) is 12.8 Å². The molecule has 23 heavy (non-hydrogen) atoms. The Morgan fingerprint density at radius 1 is 1.30 bits per heavy atom. The van der Waals surface area contributed by atoms with E-state index in [1.807, 2.05) is 0 Å². The van der Waals surface area contributed by atoms with Crippen LogP contribution in [0.4, 0.5) is 0 Å². The van der Waals surface area contributed by atoms with Crippen molar-refractivity contribution < 1.29 is 28.0 Å². The minimum atomic E-state index is -3.59. The van der Waals surface area contributed by atoms with E-state index >= 15 is 0 Å². The molecule has 136 valence electrons. The summed E-state index contributed by atoms with van der Waals surface area (Å²) in [5.74, 6) is -0.589. The van der Waals surface area contributed by atoms with Crippen molar-refractivity contribution in [3.05, 3.63) is 0 Å². The van der Waals surface area contributed by atoms with Crippen molar-refractivity contribution in [2.24, 2.45) is 5.73 Å². The fourth-order valence-electron chi connectivity index (χ4n) is 1.90. The van der Waals surface area contributed by atoms with E-state index in [4.69, 9.17) is 20.5 Å². The maximum atomic E-state index is 12.0. The van der Waals surface area contributed by atoms with Gasteiger partial charge in [-0.2, -0.15) is 12.7 Å². The normalized spacial score (nSPS) is 14.6. The van der Waals surface area contributed by atoms with Gasteiger partial charge in [-0.25, -0.2) is 4.72 Å². The molecule has 5 N–H and O–H groups in total. The number of unbranched alkanes of at least 4 members (excludes halogenated alkanes) is 1. The molecule has 0 heterocycles. The number of nitrogens with two attached hydrogens (primary N) is 1. The molecule has 11 heteroatoms. The van der Waals surface area contributed by atoms with Gasteiger partial charge in [0.25, 0.3) is 10.2 Å². The fourth-order valence-corrected chi connectivity index (χ4v) is 2.52.